The number of aliphatic hydroxyl groups is 1. The Morgan fingerprint density at radius 3 is 2.20 bits per heavy atom. The van der Waals surface area contributed by atoms with E-state index in [1.54, 1.807) is 24.3 Å². The van der Waals surface area contributed by atoms with Crippen LogP contribution in [0.4, 0.5) is 8.78 Å². The van der Waals surface area contributed by atoms with Crippen molar-refractivity contribution in [2.45, 2.75) is 26.1 Å². The van der Waals surface area contributed by atoms with E-state index in [1.807, 2.05) is 6.92 Å². The van der Waals surface area contributed by atoms with Gasteiger partial charge in [0.05, 0.1) is 6.10 Å². The molecule has 0 aromatic heterocycles. The zero-order chi connectivity index (χ0) is 14.5. The number of aliphatic hydroxyl groups excluding tert-OH is 1. The van der Waals surface area contributed by atoms with Gasteiger partial charge >= 0.3 is 0 Å². The summed E-state index contributed by atoms with van der Waals surface area (Å²) in [5.41, 5.74) is 1.25. The molecule has 2 nitrogen and oxygen atoms in total. The van der Waals surface area contributed by atoms with Gasteiger partial charge in [-0.25, -0.2) is 8.78 Å². The van der Waals surface area contributed by atoms with Gasteiger partial charge in [-0.3, -0.25) is 0 Å². The number of hydrogen-bond donors (Lipinski definition) is 1. The van der Waals surface area contributed by atoms with E-state index in [0.29, 0.717) is 17.7 Å². The Balaban J connectivity index is 2.00. The Bertz CT molecular complexity index is 547. The average Bonchev–Trinajstić information content (AvgIpc) is 2.44. The molecule has 2 aromatic carbocycles. The molecule has 0 fully saturated rings. The fourth-order valence-corrected chi connectivity index (χ4v) is 1.88. The molecule has 0 heterocycles. The highest BCUT2D eigenvalue weighted by Crippen LogP contribution is 2.20. The second kappa shape index (κ2) is 6.48. The quantitative estimate of drug-likeness (QED) is 0.896. The van der Waals surface area contributed by atoms with E-state index in [1.165, 1.54) is 12.1 Å². The summed E-state index contributed by atoms with van der Waals surface area (Å²) in [5, 5.41) is 9.66. The maximum Gasteiger partial charge on any atom is 0.126 e. The van der Waals surface area contributed by atoms with Crippen molar-refractivity contribution in [2.24, 2.45) is 0 Å². The Labute approximate surface area is 116 Å². The van der Waals surface area contributed by atoms with Gasteiger partial charge in [-0.05, 0) is 41.8 Å². The summed E-state index contributed by atoms with van der Waals surface area (Å²) in [7, 11) is 0. The normalized spacial score (nSPS) is 12.2. The van der Waals surface area contributed by atoms with Crippen LogP contribution >= 0.6 is 0 Å². The first-order valence-electron chi connectivity index (χ1n) is 6.44. The van der Waals surface area contributed by atoms with Crippen LogP contribution in [0, 0.1) is 11.6 Å². The Hall–Kier alpha value is -1.94. The van der Waals surface area contributed by atoms with E-state index in [-0.39, 0.29) is 6.61 Å². The van der Waals surface area contributed by atoms with E-state index in [2.05, 4.69) is 0 Å². The summed E-state index contributed by atoms with van der Waals surface area (Å²) in [6, 6.07) is 10.3. The zero-order valence-corrected chi connectivity index (χ0v) is 11.1. The molecule has 106 valence electrons. The first-order valence-corrected chi connectivity index (χ1v) is 6.44. The summed E-state index contributed by atoms with van der Waals surface area (Å²) < 4.78 is 31.5. The summed E-state index contributed by atoms with van der Waals surface area (Å²) in [6.07, 6.45) is 0.157. The molecule has 0 unspecified atom stereocenters. The van der Waals surface area contributed by atoms with Gasteiger partial charge in [0.2, 0.25) is 0 Å². The third kappa shape index (κ3) is 3.78. The van der Waals surface area contributed by atoms with Crippen LogP contribution in [-0.2, 0) is 6.61 Å². The van der Waals surface area contributed by atoms with Gasteiger partial charge in [-0.1, -0.05) is 19.1 Å². The van der Waals surface area contributed by atoms with Gasteiger partial charge in [0, 0.05) is 6.07 Å². The molecule has 0 saturated carbocycles. The van der Waals surface area contributed by atoms with Crippen LogP contribution in [0.15, 0.2) is 42.5 Å². The van der Waals surface area contributed by atoms with E-state index in [4.69, 9.17) is 4.74 Å². The SMILES string of the molecule is CC[C@@H](O)c1ccc(OCc2cc(F)cc(F)c2)cc1. The minimum atomic E-state index is -0.620. The van der Waals surface area contributed by atoms with E-state index in [0.717, 1.165) is 11.6 Å². The van der Waals surface area contributed by atoms with Crippen molar-refractivity contribution in [3.05, 3.63) is 65.2 Å². The van der Waals surface area contributed by atoms with Crippen molar-refractivity contribution < 1.29 is 18.6 Å². The molecule has 0 aliphatic rings. The Kier molecular flexibility index (Phi) is 4.69. The summed E-state index contributed by atoms with van der Waals surface area (Å²) in [4.78, 5) is 0. The molecule has 0 bridgehead atoms. The first-order chi connectivity index (χ1) is 9.58. The molecule has 0 spiro atoms. The van der Waals surface area contributed by atoms with Crippen LogP contribution in [0.5, 0.6) is 5.75 Å². The van der Waals surface area contributed by atoms with Crippen LogP contribution in [0.25, 0.3) is 0 Å². The fourth-order valence-electron chi connectivity index (χ4n) is 1.88. The molecule has 1 atom stereocenters. The second-order valence-electron chi connectivity index (χ2n) is 4.56. The predicted octanol–water partition coefficient (Wildman–Crippen LogP) is 3.99. The third-order valence-corrected chi connectivity index (χ3v) is 2.98. The Morgan fingerprint density at radius 2 is 1.65 bits per heavy atom. The molecule has 4 heteroatoms. The number of halogens is 2. The molecule has 0 amide bonds. The maximum atomic E-state index is 13.0. The lowest BCUT2D eigenvalue weighted by Crippen LogP contribution is -1.98. The standard InChI is InChI=1S/C16H16F2O2/c1-2-16(19)12-3-5-15(6-4-12)20-10-11-7-13(17)9-14(18)8-11/h3-9,16,19H,2,10H2,1H3/t16-/m1/s1. The number of ether oxygens (including phenoxy) is 1. The highest BCUT2D eigenvalue weighted by Gasteiger charge is 2.05. The number of rotatable bonds is 5. The monoisotopic (exact) mass is 278 g/mol. The first kappa shape index (κ1) is 14.5. The summed E-state index contributed by atoms with van der Waals surface area (Å²) in [6.45, 7) is 1.98. The van der Waals surface area contributed by atoms with Crippen LogP contribution < -0.4 is 4.74 Å². The second-order valence-corrected chi connectivity index (χ2v) is 4.56. The molecule has 0 aliphatic heterocycles. The predicted molar refractivity (Wildman–Crippen MR) is 72.4 cm³/mol. The zero-order valence-electron chi connectivity index (χ0n) is 11.1. The molecule has 2 rings (SSSR count). The smallest absolute Gasteiger partial charge is 0.126 e. The van der Waals surface area contributed by atoms with Crippen LogP contribution in [0.3, 0.4) is 0 Å². The van der Waals surface area contributed by atoms with E-state index >= 15 is 0 Å². The van der Waals surface area contributed by atoms with Gasteiger partial charge in [-0.2, -0.15) is 0 Å². The molecular weight excluding hydrogens is 262 g/mol. The Morgan fingerprint density at radius 1 is 1.05 bits per heavy atom. The lowest BCUT2D eigenvalue weighted by molar-refractivity contribution is 0.173. The minimum absolute atomic E-state index is 0.0877. The van der Waals surface area contributed by atoms with Crippen LogP contribution in [-0.4, -0.2) is 5.11 Å². The summed E-state index contributed by atoms with van der Waals surface area (Å²) >= 11 is 0. The minimum Gasteiger partial charge on any atom is -0.489 e. The van der Waals surface area contributed by atoms with Gasteiger partial charge in [0.15, 0.2) is 0 Å². The lowest BCUT2D eigenvalue weighted by Gasteiger charge is -2.10. The van der Waals surface area contributed by atoms with Crippen molar-refractivity contribution in [1.82, 2.24) is 0 Å². The molecule has 0 radical (unpaired) electrons. The van der Waals surface area contributed by atoms with E-state index < -0.39 is 17.7 Å². The van der Waals surface area contributed by atoms with Crippen molar-refractivity contribution in [1.29, 1.82) is 0 Å². The van der Waals surface area contributed by atoms with Crippen molar-refractivity contribution in [3.63, 3.8) is 0 Å². The van der Waals surface area contributed by atoms with Crippen molar-refractivity contribution >= 4 is 0 Å². The maximum absolute atomic E-state index is 13.0. The van der Waals surface area contributed by atoms with Crippen LogP contribution in [0.2, 0.25) is 0 Å². The molecule has 0 aliphatic carbocycles. The van der Waals surface area contributed by atoms with Gasteiger partial charge in [0.25, 0.3) is 0 Å². The number of hydrogen-bond acceptors (Lipinski definition) is 2. The topological polar surface area (TPSA) is 29.5 Å². The molecule has 1 N–H and O–H groups in total. The van der Waals surface area contributed by atoms with E-state index in [9.17, 15) is 13.9 Å². The average molecular weight is 278 g/mol. The molecular formula is C16H16F2O2. The summed E-state index contributed by atoms with van der Waals surface area (Å²) in [5.74, 6) is -0.656. The molecule has 0 saturated heterocycles. The third-order valence-electron chi connectivity index (χ3n) is 2.98. The highest BCUT2D eigenvalue weighted by molar-refractivity contribution is 5.29. The lowest BCUT2D eigenvalue weighted by atomic mass is 10.1. The van der Waals surface area contributed by atoms with Crippen molar-refractivity contribution in [3.8, 4) is 5.75 Å². The highest BCUT2D eigenvalue weighted by atomic mass is 19.1. The van der Waals surface area contributed by atoms with Gasteiger partial charge < -0.3 is 9.84 Å². The molecule has 20 heavy (non-hydrogen) atoms. The largest absolute Gasteiger partial charge is 0.489 e. The molecule has 2 aromatic rings. The fraction of sp³-hybridized carbons (Fsp3) is 0.250. The van der Waals surface area contributed by atoms with Crippen LogP contribution in [0.1, 0.15) is 30.6 Å². The van der Waals surface area contributed by atoms with Gasteiger partial charge in [-0.15, -0.1) is 0 Å². The van der Waals surface area contributed by atoms with Gasteiger partial charge in [0.1, 0.15) is 24.0 Å². The van der Waals surface area contributed by atoms with Crippen molar-refractivity contribution in [2.75, 3.05) is 0 Å². The number of benzene rings is 2.